The predicted molar refractivity (Wildman–Crippen MR) is 78.1 cm³/mol. The van der Waals surface area contributed by atoms with Crippen LogP contribution in [0.1, 0.15) is 32.6 Å². The number of hydrogen-bond acceptors (Lipinski definition) is 4. The van der Waals surface area contributed by atoms with Crippen LogP contribution >= 0.6 is 22.7 Å². The van der Waals surface area contributed by atoms with Gasteiger partial charge in [0.25, 0.3) is 0 Å². The summed E-state index contributed by atoms with van der Waals surface area (Å²) < 4.78 is 3.11. The van der Waals surface area contributed by atoms with Gasteiger partial charge in [0, 0.05) is 14.6 Å². The van der Waals surface area contributed by atoms with Gasteiger partial charge in [-0.1, -0.05) is 5.06 Å². The van der Waals surface area contributed by atoms with E-state index in [9.17, 15) is 10.4 Å². The van der Waals surface area contributed by atoms with Crippen molar-refractivity contribution in [3.63, 3.8) is 0 Å². The second-order valence-corrected chi connectivity index (χ2v) is 7.82. The SMILES string of the molecule is CC1(C)N([O])C(c2cc3sccc3s2)=[N+]([O-])C1(C)C. The summed E-state index contributed by atoms with van der Waals surface area (Å²) >= 11 is 3.13. The van der Waals surface area contributed by atoms with Gasteiger partial charge in [-0.05, 0) is 45.2 Å². The summed E-state index contributed by atoms with van der Waals surface area (Å²) in [6, 6.07) is 3.96. The Morgan fingerprint density at radius 1 is 1.26 bits per heavy atom. The smallest absolute Gasteiger partial charge is 0.326 e. The summed E-state index contributed by atoms with van der Waals surface area (Å²) in [4.78, 5) is 0.755. The Morgan fingerprint density at radius 3 is 2.47 bits per heavy atom. The number of amidine groups is 1. The molecule has 1 radical (unpaired) electrons. The van der Waals surface area contributed by atoms with Gasteiger partial charge in [0.2, 0.25) is 0 Å². The fourth-order valence-corrected chi connectivity index (χ4v) is 4.30. The van der Waals surface area contributed by atoms with Crippen LogP contribution in [0.2, 0.25) is 0 Å². The molecule has 6 heteroatoms. The number of nitrogens with zero attached hydrogens (tertiary/aromatic N) is 2. The zero-order valence-electron chi connectivity index (χ0n) is 11.3. The van der Waals surface area contributed by atoms with Gasteiger partial charge in [-0.25, -0.2) is 0 Å². The van der Waals surface area contributed by atoms with Gasteiger partial charge >= 0.3 is 5.84 Å². The molecule has 2 aromatic heterocycles. The van der Waals surface area contributed by atoms with Gasteiger partial charge in [0.1, 0.15) is 10.4 Å². The van der Waals surface area contributed by atoms with Gasteiger partial charge in [-0.3, -0.25) is 4.74 Å². The molecule has 19 heavy (non-hydrogen) atoms. The maximum atomic E-state index is 12.5. The zero-order valence-corrected chi connectivity index (χ0v) is 12.9. The van der Waals surface area contributed by atoms with Crippen molar-refractivity contribution in [2.24, 2.45) is 0 Å². The average Bonchev–Trinajstić information content (AvgIpc) is 2.91. The van der Waals surface area contributed by atoms with Gasteiger partial charge in [0.15, 0.2) is 5.54 Å². The van der Waals surface area contributed by atoms with Crippen molar-refractivity contribution in [3.05, 3.63) is 27.6 Å². The Hall–Kier alpha value is -1.11. The van der Waals surface area contributed by atoms with E-state index in [2.05, 4.69) is 0 Å². The molecule has 4 nitrogen and oxygen atoms in total. The van der Waals surface area contributed by atoms with Gasteiger partial charge in [0.05, 0.1) is 0 Å². The Kier molecular flexibility index (Phi) is 2.52. The van der Waals surface area contributed by atoms with E-state index in [4.69, 9.17) is 0 Å². The molecule has 0 saturated heterocycles. The lowest BCUT2D eigenvalue weighted by atomic mass is 9.84. The van der Waals surface area contributed by atoms with Crippen molar-refractivity contribution >= 4 is 37.9 Å². The molecule has 1 aliphatic rings. The Balaban J connectivity index is 2.19. The molecule has 101 valence electrons. The van der Waals surface area contributed by atoms with E-state index in [0.717, 1.165) is 24.1 Å². The second kappa shape index (κ2) is 3.71. The fraction of sp³-hybridized carbons (Fsp3) is 0.462. The Morgan fingerprint density at radius 2 is 1.95 bits per heavy atom. The molecule has 1 aliphatic heterocycles. The first-order chi connectivity index (χ1) is 8.76. The maximum Gasteiger partial charge on any atom is 0.326 e. The molecule has 0 fully saturated rings. The van der Waals surface area contributed by atoms with Crippen LogP contribution < -0.4 is 0 Å². The van der Waals surface area contributed by atoms with Gasteiger partial charge in [-0.15, -0.1) is 22.7 Å². The maximum absolute atomic E-state index is 12.5. The molecular weight excluding hydrogens is 280 g/mol. The minimum atomic E-state index is -0.749. The zero-order chi connectivity index (χ0) is 14.0. The third-order valence-corrected chi connectivity index (χ3v) is 6.35. The van der Waals surface area contributed by atoms with Crippen molar-refractivity contribution in [1.82, 2.24) is 5.06 Å². The van der Waals surface area contributed by atoms with E-state index in [1.165, 1.54) is 11.3 Å². The molecule has 0 spiro atoms. The van der Waals surface area contributed by atoms with Crippen molar-refractivity contribution in [3.8, 4) is 0 Å². The van der Waals surface area contributed by atoms with Crippen LogP contribution in [-0.2, 0) is 5.21 Å². The van der Waals surface area contributed by atoms with Crippen LogP contribution in [0.3, 0.4) is 0 Å². The minimum Gasteiger partial charge on any atom is -0.714 e. The van der Waals surface area contributed by atoms with E-state index >= 15 is 0 Å². The summed E-state index contributed by atoms with van der Waals surface area (Å²) in [6.07, 6.45) is 0. The number of hydrogen-bond donors (Lipinski definition) is 0. The fourth-order valence-electron chi connectivity index (χ4n) is 2.19. The molecule has 0 aromatic carbocycles. The van der Waals surface area contributed by atoms with E-state index < -0.39 is 11.1 Å². The lowest BCUT2D eigenvalue weighted by Crippen LogP contribution is -2.53. The van der Waals surface area contributed by atoms with Gasteiger partial charge in [-0.2, -0.15) is 0 Å². The Bertz CT molecular complexity index is 653. The largest absolute Gasteiger partial charge is 0.714 e. The quantitative estimate of drug-likeness (QED) is 0.597. The highest BCUT2D eigenvalue weighted by atomic mass is 32.1. The first-order valence-corrected chi connectivity index (χ1v) is 7.75. The summed E-state index contributed by atoms with van der Waals surface area (Å²) in [7, 11) is 0. The molecule has 0 saturated carbocycles. The molecule has 3 heterocycles. The normalized spacial score (nSPS) is 21.6. The van der Waals surface area contributed by atoms with Crippen LogP contribution in [0.25, 0.3) is 9.40 Å². The van der Waals surface area contributed by atoms with Crippen molar-refractivity contribution in [2.75, 3.05) is 0 Å². The minimum absolute atomic E-state index is 0.239. The average molecular weight is 295 g/mol. The topological polar surface area (TPSA) is 49.2 Å². The molecule has 2 aromatic rings. The van der Waals surface area contributed by atoms with Crippen LogP contribution in [0.5, 0.6) is 0 Å². The van der Waals surface area contributed by atoms with Crippen molar-refractivity contribution in [2.45, 2.75) is 38.8 Å². The molecule has 0 atom stereocenters. The highest BCUT2D eigenvalue weighted by Crippen LogP contribution is 2.40. The molecule has 3 rings (SSSR count). The Labute approximate surface area is 119 Å². The van der Waals surface area contributed by atoms with Crippen LogP contribution in [0, 0.1) is 5.21 Å². The van der Waals surface area contributed by atoms with Crippen LogP contribution in [-0.4, -0.2) is 26.7 Å². The van der Waals surface area contributed by atoms with E-state index in [1.54, 1.807) is 11.3 Å². The van der Waals surface area contributed by atoms with Crippen LogP contribution in [0.4, 0.5) is 0 Å². The van der Waals surface area contributed by atoms with E-state index in [0.29, 0.717) is 0 Å². The standard InChI is InChI=1S/C13H15N2O2S2/c1-12(2)13(3,4)15(17)11(14(12)16)10-7-9-8(19-10)5-6-18-9/h5-7H,1-4H3. The number of thiophene rings is 2. The monoisotopic (exact) mass is 295 g/mol. The highest BCUT2D eigenvalue weighted by Gasteiger charge is 2.60. The summed E-state index contributed by atoms with van der Waals surface area (Å²) in [5.41, 5.74) is -1.50. The lowest BCUT2D eigenvalue weighted by Gasteiger charge is -2.32. The molecular formula is C13H15N2O2S2. The van der Waals surface area contributed by atoms with E-state index in [-0.39, 0.29) is 5.84 Å². The molecule has 0 unspecified atom stereocenters. The molecule has 0 amide bonds. The van der Waals surface area contributed by atoms with Crippen molar-refractivity contribution < 1.29 is 9.95 Å². The first kappa shape index (κ1) is 12.9. The first-order valence-electron chi connectivity index (χ1n) is 6.06. The molecule has 0 aliphatic carbocycles. The number of hydroxylamine groups is 3. The molecule has 0 N–H and O–H groups in total. The summed E-state index contributed by atoms with van der Waals surface area (Å²) in [5.74, 6) is 0.239. The third-order valence-electron chi connectivity index (χ3n) is 4.26. The number of rotatable bonds is 1. The number of fused-ring (bicyclic) bond motifs is 1. The summed E-state index contributed by atoms with van der Waals surface area (Å²) in [5, 5.41) is 27.9. The third kappa shape index (κ3) is 1.50. The summed E-state index contributed by atoms with van der Waals surface area (Å²) in [6.45, 7) is 7.25. The molecule has 0 bridgehead atoms. The van der Waals surface area contributed by atoms with Crippen molar-refractivity contribution in [1.29, 1.82) is 0 Å². The van der Waals surface area contributed by atoms with Gasteiger partial charge < -0.3 is 5.21 Å². The van der Waals surface area contributed by atoms with Crippen LogP contribution in [0.15, 0.2) is 17.5 Å². The highest BCUT2D eigenvalue weighted by molar-refractivity contribution is 7.27. The predicted octanol–water partition coefficient (Wildman–Crippen LogP) is 3.44. The van der Waals surface area contributed by atoms with E-state index in [1.807, 2.05) is 45.2 Å². The second-order valence-electron chi connectivity index (χ2n) is 5.79. The lowest BCUT2D eigenvalue weighted by molar-refractivity contribution is -0.539.